The number of hydrogen-bond acceptors (Lipinski definition) is 5. The van der Waals surface area contributed by atoms with Crippen molar-refractivity contribution in [2.45, 2.75) is 59.4 Å². The van der Waals surface area contributed by atoms with Gasteiger partial charge in [-0.05, 0) is 48.1 Å². The van der Waals surface area contributed by atoms with Crippen molar-refractivity contribution in [1.29, 1.82) is 0 Å². The SMILES string of the molecule is CCCCc1c(C)n(C(=O)CCC)c(=O)n1Cc1ccc(-c2ccccc2-c2nn[nH]n2)cc1. The van der Waals surface area contributed by atoms with E-state index in [1.807, 2.05) is 62.4 Å². The number of imidazole rings is 1. The van der Waals surface area contributed by atoms with Crippen LogP contribution in [0.3, 0.4) is 0 Å². The molecule has 2 aromatic carbocycles. The quantitative estimate of drug-likeness (QED) is 0.394. The summed E-state index contributed by atoms with van der Waals surface area (Å²) >= 11 is 0. The molecule has 0 saturated heterocycles. The van der Waals surface area contributed by atoms with E-state index in [1.54, 1.807) is 4.57 Å². The van der Waals surface area contributed by atoms with Gasteiger partial charge in [-0.2, -0.15) is 5.21 Å². The summed E-state index contributed by atoms with van der Waals surface area (Å²) in [7, 11) is 0. The summed E-state index contributed by atoms with van der Waals surface area (Å²) in [4.78, 5) is 25.9. The summed E-state index contributed by atoms with van der Waals surface area (Å²) in [6.07, 6.45) is 3.86. The van der Waals surface area contributed by atoms with Crippen LogP contribution in [0.15, 0.2) is 53.3 Å². The second-order valence-electron chi connectivity index (χ2n) is 8.46. The van der Waals surface area contributed by atoms with Crippen LogP contribution >= 0.6 is 0 Å². The van der Waals surface area contributed by atoms with Gasteiger partial charge in [0.2, 0.25) is 11.7 Å². The Morgan fingerprint density at radius 1 is 1.00 bits per heavy atom. The van der Waals surface area contributed by atoms with Crippen molar-refractivity contribution < 1.29 is 4.79 Å². The van der Waals surface area contributed by atoms with Gasteiger partial charge >= 0.3 is 5.69 Å². The molecule has 0 aliphatic heterocycles. The number of hydrogen-bond donors (Lipinski definition) is 1. The first kappa shape index (κ1) is 23.4. The van der Waals surface area contributed by atoms with E-state index in [4.69, 9.17) is 0 Å². The van der Waals surface area contributed by atoms with Crippen LogP contribution in [0.1, 0.15) is 61.3 Å². The molecule has 0 amide bonds. The number of nitrogens with zero attached hydrogens (tertiary/aromatic N) is 5. The monoisotopic (exact) mass is 458 g/mol. The highest BCUT2D eigenvalue weighted by Crippen LogP contribution is 2.29. The molecule has 0 saturated carbocycles. The van der Waals surface area contributed by atoms with Crippen LogP contribution < -0.4 is 5.69 Å². The number of carbonyl (C=O) groups is 1. The fraction of sp³-hybridized carbons (Fsp3) is 0.346. The number of carbonyl (C=O) groups excluding carboxylic acids is 1. The van der Waals surface area contributed by atoms with Crippen LogP contribution in [0.25, 0.3) is 22.5 Å². The number of benzene rings is 2. The maximum atomic E-state index is 13.2. The van der Waals surface area contributed by atoms with Crippen LogP contribution in [0.4, 0.5) is 0 Å². The van der Waals surface area contributed by atoms with Gasteiger partial charge in [-0.3, -0.25) is 9.36 Å². The third-order valence-electron chi connectivity index (χ3n) is 6.10. The van der Waals surface area contributed by atoms with Crippen molar-refractivity contribution >= 4 is 5.91 Å². The standard InChI is InChI=1S/C26H30N6O2/c1-4-6-12-23-18(3)32(24(33)9-5-2)26(34)31(23)17-19-13-15-20(16-14-19)21-10-7-8-11-22(21)25-27-29-30-28-25/h7-8,10-11,13-16H,4-6,9,12,17H2,1-3H3,(H,27,28,29,30). The number of H-pyrrole nitrogens is 1. The number of aromatic amines is 1. The first-order valence-electron chi connectivity index (χ1n) is 11.8. The maximum Gasteiger partial charge on any atom is 0.335 e. The Hall–Kier alpha value is -3.81. The molecule has 4 rings (SSSR count). The van der Waals surface area contributed by atoms with Gasteiger partial charge in [0.15, 0.2) is 0 Å². The highest BCUT2D eigenvalue weighted by atomic mass is 16.2. The zero-order valence-corrected chi connectivity index (χ0v) is 19.9. The molecular formula is C26H30N6O2. The molecule has 4 aromatic rings. The summed E-state index contributed by atoms with van der Waals surface area (Å²) in [5.41, 5.74) is 5.39. The van der Waals surface area contributed by atoms with Crippen molar-refractivity contribution in [3.63, 3.8) is 0 Å². The zero-order valence-electron chi connectivity index (χ0n) is 19.9. The number of tetrazole rings is 1. The Morgan fingerprint density at radius 2 is 1.74 bits per heavy atom. The molecule has 0 fully saturated rings. The van der Waals surface area contributed by atoms with Crippen LogP contribution in [0, 0.1) is 6.92 Å². The summed E-state index contributed by atoms with van der Waals surface area (Å²) in [5, 5.41) is 14.4. The van der Waals surface area contributed by atoms with E-state index in [0.29, 0.717) is 25.2 Å². The van der Waals surface area contributed by atoms with E-state index in [9.17, 15) is 9.59 Å². The van der Waals surface area contributed by atoms with E-state index in [2.05, 4.69) is 27.5 Å². The Balaban J connectivity index is 1.67. The minimum absolute atomic E-state index is 0.130. The molecule has 1 N–H and O–H groups in total. The summed E-state index contributed by atoms with van der Waals surface area (Å²) in [6, 6.07) is 16.0. The first-order chi connectivity index (χ1) is 16.5. The van der Waals surface area contributed by atoms with Crippen LogP contribution in [0.5, 0.6) is 0 Å². The van der Waals surface area contributed by atoms with E-state index in [1.165, 1.54) is 4.57 Å². The number of aromatic nitrogens is 6. The predicted octanol–water partition coefficient (Wildman–Crippen LogP) is 4.64. The van der Waals surface area contributed by atoms with E-state index >= 15 is 0 Å². The lowest BCUT2D eigenvalue weighted by Crippen LogP contribution is -2.30. The van der Waals surface area contributed by atoms with Gasteiger partial charge in [-0.1, -0.05) is 68.8 Å². The number of unbranched alkanes of at least 4 members (excludes halogenated alkanes) is 1. The van der Waals surface area contributed by atoms with Crippen molar-refractivity contribution in [2.24, 2.45) is 0 Å². The largest absolute Gasteiger partial charge is 0.335 e. The van der Waals surface area contributed by atoms with Gasteiger partial charge in [0, 0.05) is 23.4 Å². The van der Waals surface area contributed by atoms with Gasteiger partial charge < -0.3 is 0 Å². The molecule has 0 bridgehead atoms. The molecule has 8 nitrogen and oxygen atoms in total. The van der Waals surface area contributed by atoms with Gasteiger partial charge in [0.1, 0.15) is 0 Å². The molecule has 0 aliphatic carbocycles. The van der Waals surface area contributed by atoms with E-state index in [-0.39, 0.29) is 11.6 Å². The lowest BCUT2D eigenvalue weighted by Gasteiger charge is -2.10. The smallest absolute Gasteiger partial charge is 0.291 e. The van der Waals surface area contributed by atoms with Gasteiger partial charge in [-0.15, -0.1) is 10.2 Å². The molecule has 0 atom stereocenters. The van der Waals surface area contributed by atoms with E-state index in [0.717, 1.165) is 52.9 Å². The van der Waals surface area contributed by atoms with Crippen molar-refractivity contribution in [3.8, 4) is 22.5 Å². The van der Waals surface area contributed by atoms with Gasteiger partial charge in [0.25, 0.3) is 0 Å². The van der Waals surface area contributed by atoms with Crippen molar-refractivity contribution in [3.05, 3.63) is 76.0 Å². The Bertz CT molecular complexity index is 1320. The summed E-state index contributed by atoms with van der Waals surface area (Å²) < 4.78 is 3.13. The maximum absolute atomic E-state index is 13.2. The Kier molecular flexibility index (Phi) is 7.15. The highest BCUT2D eigenvalue weighted by molar-refractivity contribution is 5.80. The Morgan fingerprint density at radius 3 is 2.38 bits per heavy atom. The van der Waals surface area contributed by atoms with Crippen molar-refractivity contribution in [2.75, 3.05) is 0 Å². The molecule has 2 aromatic heterocycles. The third kappa shape index (κ3) is 4.62. The predicted molar refractivity (Wildman–Crippen MR) is 132 cm³/mol. The average Bonchev–Trinajstić information content (AvgIpc) is 3.46. The third-order valence-corrected chi connectivity index (χ3v) is 6.10. The fourth-order valence-corrected chi connectivity index (χ4v) is 4.32. The molecule has 176 valence electrons. The van der Waals surface area contributed by atoms with E-state index < -0.39 is 0 Å². The van der Waals surface area contributed by atoms with Crippen LogP contribution in [-0.2, 0) is 13.0 Å². The number of nitrogens with one attached hydrogen (secondary N) is 1. The molecular weight excluding hydrogens is 428 g/mol. The molecule has 0 unspecified atom stereocenters. The number of rotatable bonds is 9. The fourth-order valence-electron chi connectivity index (χ4n) is 4.32. The lowest BCUT2D eigenvalue weighted by atomic mass is 9.98. The van der Waals surface area contributed by atoms with Gasteiger partial charge in [-0.25, -0.2) is 9.36 Å². The molecule has 8 heteroatoms. The summed E-state index contributed by atoms with van der Waals surface area (Å²) in [5.74, 6) is 0.412. The van der Waals surface area contributed by atoms with Crippen LogP contribution in [0.2, 0.25) is 0 Å². The molecule has 0 radical (unpaired) electrons. The Labute approximate surface area is 198 Å². The van der Waals surface area contributed by atoms with Gasteiger partial charge in [0.05, 0.1) is 6.54 Å². The summed E-state index contributed by atoms with van der Waals surface area (Å²) in [6.45, 7) is 6.39. The minimum atomic E-state index is -0.242. The molecule has 0 aliphatic rings. The molecule has 2 heterocycles. The minimum Gasteiger partial charge on any atom is -0.291 e. The second-order valence-corrected chi connectivity index (χ2v) is 8.46. The first-order valence-corrected chi connectivity index (χ1v) is 11.8. The second kappa shape index (κ2) is 10.4. The average molecular weight is 459 g/mol. The topological polar surface area (TPSA) is 98.5 Å². The normalized spacial score (nSPS) is 11.1. The molecule has 0 spiro atoms. The highest BCUT2D eigenvalue weighted by Gasteiger charge is 2.20. The lowest BCUT2D eigenvalue weighted by molar-refractivity contribution is 0.0894. The zero-order chi connectivity index (χ0) is 24.1. The van der Waals surface area contributed by atoms with Crippen molar-refractivity contribution in [1.82, 2.24) is 29.8 Å². The van der Waals surface area contributed by atoms with Crippen LogP contribution in [-0.4, -0.2) is 35.7 Å². The molecule has 34 heavy (non-hydrogen) atoms.